The van der Waals surface area contributed by atoms with Gasteiger partial charge in [-0.05, 0) is 70.6 Å². The summed E-state index contributed by atoms with van der Waals surface area (Å²) in [6.07, 6.45) is 0. The lowest BCUT2D eigenvalue weighted by molar-refractivity contribution is 0.415. The minimum Gasteiger partial charge on any atom is -0.497 e. The van der Waals surface area contributed by atoms with Crippen molar-refractivity contribution in [3.63, 3.8) is 0 Å². The van der Waals surface area contributed by atoms with Crippen LogP contribution in [0.15, 0.2) is 51.4 Å². The van der Waals surface area contributed by atoms with Gasteiger partial charge in [-0.3, -0.25) is 0 Å². The third-order valence-corrected chi connectivity index (χ3v) is 3.88. The Morgan fingerprint density at radius 1 is 1.05 bits per heavy atom. The zero-order valence-electron chi connectivity index (χ0n) is 10.6. The number of nitrogens with one attached hydrogen (secondary N) is 2. The van der Waals surface area contributed by atoms with Gasteiger partial charge in [0.25, 0.3) is 0 Å². The van der Waals surface area contributed by atoms with Gasteiger partial charge in [0.1, 0.15) is 5.75 Å². The van der Waals surface area contributed by atoms with Gasteiger partial charge in [0.15, 0.2) is 5.11 Å². The summed E-state index contributed by atoms with van der Waals surface area (Å²) in [7, 11) is 1.64. The number of hydrogen-bond donors (Lipinski definition) is 2. The van der Waals surface area contributed by atoms with Crippen molar-refractivity contribution in [3.05, 3.63) is 51.4 Å². The molecule has 0 aliphatic heterocycles. The van der Waals surface area contributed by atoms with Gasteiger partial charge >= 0.3 is 0 Å². The second-order valence-corrected chi connectivity index (χ2v) is 6.11. The Bertz CT molecular complexity index is 617. The monoisotopic (exact) mass is 414 g/mol. The van der Waals surface area contributed by atoms with E-state index in [1.54, 1.807) is 7.11 Å². The van der Waals surface area contributed by atoms with E-state index in [9.17, 15) is 0 Å². The predicted octanol–water partition coefficient (Wildman–Crippen LogP) is 5.03. The highest BCUT2D eigenvalue weighted by atomic mass is 79.9. The number of benzene rings is 2. The summed E-state index contributed by atoms with van der Waals surface area (Å²) < 4.78 is 7.05. The zero-order valence-corrected chi connectivity index (χ0v) is 14.6. The van der Waals surface area contributed by atoms with E-state index >= 15 is 0 Å². The van der Waals surface area contributed by atoms with Crippen LogP contribution in [0.2, 0.25) is 0 Å². The summed E-state index contributed by atoms with van der Waals surface area (Å²) in [5.74, 6) is 0.810. The smallest absolute Gasteiger partial charge is 0.175 e. The Kier molecular flexibility index (Phi) is 5.39. The van der Waals surface area contributed by atoms with Crippen molar-refractivity contribution in [1.29, 1.82) is 0 Å². The van der Waals surface area contributed by atoms with Crippen molar-refractivity contribution in [2.75, 3.05) is 17.7 Å². The SMILES string of the molecule is COc1ccc(NC(=S)Nc2ccc(Br)cc2Br)cc1. The summed E-state index contributed by atoms with van der Waals surface area (Å²) in [6.45, 7) is 0. The Balaban J connectivity index is 2.01. The molecule has 0 unspecified atom stereocenters. The van der Waals surface area contributed by atoms with Gasteiger partial charge in [-0.1, -0.05) is 15.9 Å². The van der Waals surface area contributed by atoms with Crippen LogP contribution in [-0.2, 0) is 0 Å². The molecule has 2 aromatic rings. The molecule has 0 heterocycles. The van der Waals surface area contributed by atoms with Crippen molar-refractivity contribution >= 4 is 60.6 Å². The average Bonchev–Trinajstić information content (AvgIpc) is 2.43. The molecular formula is C14H12Br2N2OS. The Morgan fingerprint density at radius 2 is 1.75 bits per heavy atom. The lowest BCUT2D eigenvalue weighted by atomic mass is 10.3. The Labute approximate surface area is 140 Å². The molecule has 0 aliphatic rings. The molecule has 104 valence electrons. The molecule has 0 bridgehead atoms. The van der Waals surface area contributed by atoms with Crippen molar-refractivity contribution in [2.45, 2.75) is 0 Å². The van der Waals surface area contributed by atoms with Gasteiger partial charge in [0.05, 0.1) is 12.8 Å². The van der Waals surface area contributed by atoms with Crippen LogP contribution in [0, 0.1) is 0 Å². The van der Waals surface area contributed by atoms with E-state index < -0.39 is 0 Å². The van der Waals surface area contributed by atoms with Gasteiger partial charge in [-0.25, -0.2) is 0 Å². The van der Waals surface area contributed by atoms with Gasteiger partial charge in [-0.15, -0.1) is 0 Å². The van der Waals surface area contributed by atoms with E-state index in [-0.39, 0.29) is 0 Å². The van der Waals surface area contributed by atoms with Crippen molar-refractivity contribution in [3.8, 4) is 5.75 Å². The third kappa shape index (κ3) is 4.19. The quantitative estimate of drug-likeness (QED) is 0.688. The summed E-state index contributed by atoms with van der Waals surface area (Å²) in [5, 5.41) is 6.78. The second kappa shape index (κ2) is 7.06. The number of hydrogen-bond acceptors (Lipinski definition) is 2. The average molecular weight is 416 g/mol. The molecule has 0 aliphatic carbocycles. The van der Waals surface area contributed by atoms with E-state index in [0.29, 0.717) is 5.11 Å². The Hall–Kier alpha value is -1.11. The van der Waals surface area contributed by atoms with Gasteiger partial charge in [0, 0.05) is 14.6 Å². The van der Waals surface area contributed by atoms with Crippen LogP contribution in [0.25, 0.3) is 0 Å². The maximum atomic E-state index is 5.29. The zero-order chi connectivity index (χ0) is 14.5. The van der Waals surface area contributed by atoms with Gasteiger partial charge in [0.2, 0.25) is 0 Å². The summed E-state index contributed by atoms with van der Waals surface area (Å²) in [4.78, 5) is 0. The van der Waals surface area contributed by atoms with E-state index in [0.717, 1.165) is 26.1 Å². The normalized spacial score (nSPS) is 9.95. The predicted molar refractivity (Wildman–Crippen MR) is 94.7 cm³/mol. The number of thiocarbonyl (C=S) groups is 1. The highest BCUT2D eigenvalue weighted by Gasteiger charge is 2.03. The first kappa shape index (κ1) is 15.3. The van der Waals surface area contributed by atoms with E-state index in [4.69, 9.17) is 17.0 Å². The molecule has 20 heavy (non-hydrogen) atoms. The number of halogens is 2. The summed E-state index contributed by atoms with van der Waals surface area (Å²) >= 11 is 12.2. The lowest BCUT2D eigenvalue weighted by Crippen LogP contribution is -2.19. The fraction of sp³-hybridized carbons (Fsp3) is 0.0714. The number of methoxy groups -OCH3 is 1. The molecule has 2 rings (SSSR count). The van der Waals surface area contributed by atoms with Crippen LogP contribution in [0.4, 0.5) is 11.4 Å². The second-order valence-electron chi connectivity index (χ2n) is 3.93. The van der Waals surface area contributed by atoms with Gasteiger partial charge < -0.3 is 15.4 Å². The molecule has 6 heteroatoms. The van der Waals surface area contributed by atoms with Crippen LogP contribution in [0.5, 0.6) is 5.75 Å². The van der Waals surface area contributed by atoms with E-state index in [1.807, 2.05) is 42.5 Å². The Morgan fingerprint density at radius 3 is 2.35 bits per heavy atom. The van der Waals surface area contributed by atoms with Crippen LogP contribution in [0.1, 0.15) is 0 Å². The molecule has 0 saturated heterocycles. The fourth-order valence-corrected chi connectivity index (χ4v) is 2.92. The molecule has 2 aromatic carbocycles. The van der Waals surface area contributed by atoms with Gasteiger partial charge in [-0.2, -0.15) is 0 Å². The van der Waals surface area contributed by atoms with E-state index in [2.05, 4.69) is 42.5 Å². The largest absolute Gasteiger partial charge is 0.497 e. The standard InChI is InChI=1S/C14H12Br2N2OS/c1-19-11-5-3-10(4-6-11)17-14(20)18-13-7-2-9(15)8-12(13)16/h2-8H,1H3,(H2,17,18,20). The molecule has 0 atom stereocenters. The molecule has 0 amide bonds. The van der Waals surface area contributed by atoms with Crippen LogP contribution in [0.3, 0.4) is 0 Å². The molecule has 0 radical (unpaired) electrons. The van der Waals surface area contributed by atoms with Crippen molar-refractivity contribution < 1.29 is 4.74 Å². The van der Waals surface area contributed by atoms with E-state index in [1.165, 1.54) is 0 Å². The maximum Gasteiger partial charge on any atom is 0.175 e. The third-order valence-electron chi connectivity index (χ3n) is 2.53. The highest BCUT2D eigenvalue weighted by molar-refractivity contribution is 9.11. The molecule has 2 N–H and O–H groups in total. The number of rotatable bonds is 3. The first-order valence-corrected chi connectivity index (χ1v) is 7.75. The molecule has 3 nitrogen and oxygen atoms in total. The van der Waals surface area contributed by atoms with Crippen LogP contribution >= 0.6 is 44.1 Å². The minimum absolute atomic E-state index is 0.526. The molecular weight excluding hydrogens is 404 g/mol. The first-order valence-electron chi connectivity index (χ1n) is 5.75. The van der Waals surface area contributed by atoms with Crippen molar-refractivity contribution in [2.24, 2.45) is 0 Å². The number of ether oxygens (including phenoxy) is 1. The number of anilines is 2. The lowest BCUT2D eigenvalue weighted by Gasteiger charge is -2.12. The fourth-order valence-electron chi connectivity index (χ4n) is 1.55. The topological polar surface area (TPSA) is 33.3 Å². The maximum absolute atomic E-state index is 5.29. The van der Waals surface area contributed by atoms with Crippen molar-refractivity contribution in [1.82, 2.24) is 0 Å². The molecule has 0 fully saturated rings. The van der Waals surface area contributed by atoms with Crippen LogP contribution < -0.4 is 15.4 Å². The highest BCUT2D eigenvalue weighted by Crippen LogP contribution is 2.26. The van der Waals surface area contributed by atoms with Crippen LogP contribution in [-0.4, -0.2) is 12.2 Å². The first-order chi connectivity index (χ1) is 9.58. The molecule has 0 saturated carbocycles. The summed E-state index contributed by atoms with van der Waals surface area (Å²) in [6, 6.07) is 13.4. The summed E-state index contributed by atoms with van der Waals surface area (Å²) in [5.41, 5.74) is 1.80. The minimum atomic E-state index is 0.526. The molecule has 0 aromatic heterocycles. The molecule has 0 spiro atoms.